The summed E-state index contributed by atoms with van der Waals surface area (Å²) in [7, 11) is 0. The van der Waals surface area contributed by atoms with Crippen molar-refractivity contribution in [3.63, 3.8) is 0 Å². The Morgan fingerprint density at radius 2 is 1.21 bits per heavy atom. The molecule has 134 valence electrons. The van der Waals surface area contributed by atoms with Crippen LogP contribution in [-0.4, -0.2) is 18.4 Å². The first-order chi connectivity index (χ1) is 11.6. The van der Waals surface area contributed by atoms with Crippen LogP contribution in [0.5, 0.6) is 0 Å². The van der Waals surface area contributed by atoms with Gasteiger partial charge in [-0.1, -0.05) is 0 Å². The average Bonchev–Trinajstić information content (AvgIpc) is 3.24. The molecule has 0 aliphatic heterocycles. The van der Waals surface area contributed by atoms with Crippen LogP contribution in [0.2, 0.25) is 13.3 Å². The summed E-state index contributed by atoms with van der Waals surface area (Å²) in [6.07, 6.45) is 7.96. The second-order valence-electron chi connectivity index (χ2n) is 7.17. The van der Waals surface area contributed by atoms with Gasteiger partial charge in [-0.05, 0) is 0 Å². The first kappa shape index (κ1) is 19.7. The summed E-state index contributed by atoms with van der Waals surface area (Å²) in [5.74, 6) is 2.74. The van der Waals surface area contributed by atoms with E-state index in [9.17, 15) is 0 Å². The number of hydrogen-bond donors (Lipinski definition) is 0. The summed E-state index contributed by atoms with van der Waals surface area (Å²) in [5, 5.41) is 0. The van der Waals surface area contributed by atoms with E-state index in [0.29, 0.717) is 0 Å². The molecule has 0 fully saturated rings. The fraction of sp³-hybridized carbons (Fsp3) is 0.619. The molecule has 3 heteroatoms. The molecule has 2 aromatic rings. The maximum absolute atomic E-state index is 6.44. The third kappa shape index (κ3) is 4.93. The van der Waals surface area contributed by atoms with Crippen molar-refractivity contribution in [3.05, 3.63) is 30.0 Å². The quantitative estimate of drug-likeness (QED) is 0.358. The zero-order valence-electron chi connectivity index (χ0n) is 16.0. The van der Waals surface area contributed by atoms with Crippen LogP contribution in [0.4, 0.5) is 0 Å². The van der Waals surface area contributed by atoms with Crippen LogP contribution in [-0.2, 0) is 0 Å². The van der Waals surface area contributed by atoms with Gasteiger partial charge in [-0.3, -0.25) is 0 Å². The van der Waals surface area contributed by atoms with E-state index in [1.165, 1.54) is 55.6 Å². The van der Waals surface area contributed by atoms with E-state index in [4.69, 9.17) is 8.83 Å². The Bertz CT molecular complexity index is 575. The van der Waals surface area contributed by atoms with Gasteiger partial charge < -0.3 is 0 Å². The molecular formula is C21H34O2Sn. The number of hydrogen-bond acceptors (Lipinski definition) is 2. The minimum atomic E-state index is -2.44. The van der Waals surface area contributed by atoms with Crippen molar-refractivity contribution in [1.82, 2.24) is 0 Å². The third-order valence-electron chi connectivity index (χ3n) is 5.14. The number of furan rings is 2. The molecule has 0 radical (unpaired) electrons. The summed E-state index contributed by atoms with van der Waals surface area (Å²) in [6, 6.07) is 8.48. The van der Waals surface area contributed by atoms with E-state index in [1.54, 1.807) is 0 Å². The van der Waals surface area contributed by atoms with Gasteiger partial charge in [0.2, 0.25) is 0 Å². The second-order valence-corrected chi connectivity index (χ2v) is 20.2. The molecule has 0 atom stereocenters. The molecule has 2 heterocycles. The summed E-state index contributed by atoms with van der Waals surface area (Å²) in [5.41, 5.74) is 0. The third-order valence-corrected chi connectivity index (χ3v) is 20.1. The van der Waals surface area contributed by atoms with E-state index in [0.717, 1.165) is 17.3 Å². The Morgan fingerprint density at radius 1 is 0.708 bits per heavy atom. The number of unbranched alkanes of at least 4 members (excludes halogenated alkanes) is 3. The van der Waals surface area contributed by atoms with E-state index < -0.39 is 18.4 Å². The summed E-state index contributed by atoms with van der Waals surface area (Å²) < 4.78 is 17.9. The van der Waals surface area contributed by atoms with Crippen LogP contribution >= 0.6 is 0 Å². The van der Waals surface area contributed by atoms with Crippen LogP contribution in [0.1, 0.15) is 65.1 Å². The molecule has 0 aromatic carbocycles. The summed E-state index contributed by atoms with van der Waals surface area (Å²) >= 11 is -2.44. The van der Waals surface area contributed by atoms with Gasteiger partial charge in [0.15, 0.2) is 0 Å². The van der Waals surface area contributed by atoms with E-state index in [2.05, 4.69) is 32.9 Å². The predicted octanol–water partition coefficient (Wildman–Crippen LogP) is 6.90. The van der Waals surface area contributed by atoms with Crippen molar-refractivity contribution >= 4 is 22.2 Å². The molecular weight excluding hydrogens is 403 g/mol. The van der Waals surface area contributed by atoms with Gasteiger partial charge in [0, 0.05) is 0 Å². The molecule has 0 saturated carbocycles. The molecule has 0 aliphatic rings. The Hall–Kier alpha value is -0.641. The minimum absolute atomic E-state index is 0.875. The molecule has 2 rings (SSSR count). The van der Waals surface area contributed by atoms with Gasteiger partial charge in [0.1, 0.15) is 0 Å². The number of rotatable bonds is 11. The van der Waals surface area contributed by atoms with Gasteiger partial charge in [0.25, 0.3) is 0 Å². The normalized spacial score (nSPS) is 12.0. The first-order valence-electron chi connectivity index (χ1n) is 9.82. The standard InChI is InChI=1S/C9H7O2.3C4H9.Sn/c1-7-4-5-9(11-7)8-3-2-6-10-8;3*1-3-4-2;/h2-5H,1H3;3*1,3-4H2,2H3;. The van der Waals surface area contributed by atoms with Crippen LogP contribution in [0.25, 0.3) is 11.5 Å². The second kappa shape index (κ2) is 9.74. The van der Waals surface area contributed by atoms with E-state index in [1.807, 2.05) is 19.1 Å². The van der Waals surface area contributed by atoms with Crippen molar-refractivity contribution in [2.75, 3.05) is 0 Å². The van der Waals surface area contributed by atoms with Gasteiger partial charge in [-0.15, -0.1) is 0 Å². The van der Waals surface area contributed by atoms with E-state index in [-0.39, 0.29) is 0 Å². The zero-order valence-corrected chi connectivity index (χ0v) is 18.8. The fourth-order valence-electron chi connectivity index (χ4n) is 3.61. The Balaban J connectivity index is 2.31. The van der Waals surface area contributed by atoms with Crippen molar-refractivity contribution in [3.8, 4) is 11.5 Å². The van der Waals surface area contributed by atoms with Crippen molar-refractivity contribution in [1.29, 1.82) is 0 Å². The molecule has 0 saturated heterocycles. The van der Waals surface area contributed by atoms with Gasteiger partial charge in [0.05, 0.1) is 0 Å². The molecule has 0 unspecified atom stereocenters. The fourth-order valence-corrected chi connectivity index (χ4v) is 18.9. The zero-order chi connectivity index (χ0) is 17.4. The molecule has 0 bridgehead atoms. The molecule has 0 spiro atoms. The molecule has 2 aromatic heterocycles. The molecule has 0 aliphatic carbocycles. The monoisotopic (exact) mass is 438 g/mol. The van der Waals surface area contributed by atoms with Gasteiger partial charge in [-0.25, -0.2) is 0 Å². The SMILES string of the molecule is CCC[CH2][Sn]([CH2]CCC)([CH2]CCC)[c]1ccc(-c2ccc(C)o2)o1. The number of aryl methyl sites for hydroxylation is 1. The summed E-state index contributed by atoms with van der Waals surface area (Å²) in [6.45, 7) is 8.93. The Labute approximate surface area is 151 Å². The van der Waals surface area contributed by atoms with Crippen LogP contribution < -0.4 is 3.78 Å². The first-order valence-corrected chi connectivity index (χ1v) is 17.3. The Morgan fingerprint density at radius 3 is 1.67 bits per heavy atom. The van der Waals surface area contributed by atoms with Crippen molar-refractivity contribution in [2.24, 2.45) is 0 Å². The molecule has 24 heavy (non-hydrogen) atoms. The van der Waals surface area contributed by atoms with Crippen LogP contribution in [0.15, 0.2) is 33.1 Å². The average molecular weight is 437 g/mol. The van der Waals surface area contributed by atoms with Crippen LogP contribution in [0, 0.1) is 6.92 Å². The van der Waals surface area contributed by atoms with Crippen molar-refractivity contribution in [2.45, 2.75) is 79.5 Å². The Kier molecular flexibility index (Phi) is 7.99. The molecule has 0 N–H and O–H groups in total. The van der Waals surface area contributed by atoms with Crippen molar-refractivity contribution < 1.29 is 8.83 Å². The topological polar surface area (TPSA) is 26.3 Å². The maximum atomic E-state index is 6.44. The molecule has 0 amide bonds. The predicted molar refractivity (Wildman–Crippen MR) is 106 cm³/mol. The summed E-state index contributed by atoms with van der Waals surface area (Å²) in [4.78, 5) is 0. The van der Waals surface area contributed by atoms with E-state index >= 15 is 0 Å². The van der Waals surface area contributed by atoms with Gasteiger partial charge in [-0.2, -0.15) is 0 Å². The van der Waals surface area contributed by atoms with Crippen LogP contribution in [0.3, 0.4) is 0 Å². The van der Waals surface area contributed by atoms with Gasteiger partial charge >= 0.3 is 152 Å². The molecule has 2 nitrogen and oxygen atoms in total.